The van der Waals surface area contributed by atoms with Crippen LogP contribution < -0.4 is 5.43 Å². The Kier molecular flexibility index (Phi) is 3.92. The highest BCUT2D eigenvalue weighted by Crippen LogP contribution is 1.69. The smallest absolute Gasteiger partial charge is 0.0561 e. The van der Waals surface area contributed by atoms with Gasteiger partial charge in [-0.15, -0.1) is 0 Å². The van der Waals surface area contributed by atoms with E-state index < -0.39 is 0 Å². The molecule has 0 unspecified atom stereocenters. The van der Waals surface area contributed by atoms with Crippen LogP contribution >= 0.6 is 0 Å². The standard InChI is InChI=1S/C3H9N2O2/c1-4-5(7)2-3-6/h4,6H,2-3H2,1H3/q-1. The van der Waals surface area contributed by atoms with Crippen molar-refractivity contribution in [3.8, 4) is 0 Å². The van der Waals surface area contributed by atoms with Gasteiger partial charge in [-0.1, -0.05) is 0 Å². The summed E-state index contributed by atoms with van der Waals surface area (Å²) >= 11 is 0. The monoisotopic (exact) mass is 105 g/mol. The van der Waals surface area contributed by atoms with Gasteiger partial charge in [-0.3, -0.25) is 5.43 Å². The van der Waals surface area contributed by atoms with E-state index in [0.29, 0.717) is 5.17 Å². The number of hydrogen-bond acceptors (Lipinski definition) is 4. The van der Waals surface area contributed by atoms with Crippen LogP contribution in [-0.4, -0.2) is 30.5 Å². The molecule has 0 aliphatic heterocycles. The molecule has 0 radical (unpaired) electrons. The Bertz CT molecular complexity index is 41.9. The molecule has 0 fully saturated rings. The quantitative estimate of drug-likeness (QED) is 0.448. The molecule has 0 heterocycles. The van der Waals surface area contributed by atoms with E-state index in [1.54, 1.807) is 0 Å². The number of hydroxylamine groups is 1. The number of aliphatic hydroxyl groups is 1. The average molecular weight is 105 g/mol. The Balaban J connectivity index is 2.83. The van der Waals surface area contributed by atoms with Crippen LogP contribution in [0.5, 0.6) is 0 Å². The molecule has 0 saturated carbocycles. The minimum Gasteiger partial charge on any atom is -0.772 e. The Morgan fingerprint density at radius 1 is 1.86 bits per heavy atom. The summed E-state index contributed by atoms with van der Waals surface area (Å²) in [6.45, 7) is 0.0147. The summed E-state index contributed by atoms with van der Waals surface area (Å²) in [6.07, 6.45) is 0. The molecule has 0 atom stereocenters. The first-order chi connectivity index (χ1) is 3.31. The lowest BCUT2D eigenvalue weighted by Crippen LogP contribution is -2.31. The third-order valence-corrected chi connectivity index (χ3v) is 0.552. The first-order valence-corrected chi connectivity index (χ1v) is 2.04. The zero-order chi connectivity index (χ0) is 5.70. The molecule has 0 aliphatic rings. The lowest BCUT2D eigenvalue weighted by Gasteiger charge is -2.24. The molecule has 4 heteroatoms. The van der Waals surface area contributed by atoms with Gasteiger partial charge >= 0.3 is 0 Å². The molecular formula is C3H9N2O2-. The van der Waals surface area contributed by atoms with Crippen LogP contribution in [0, 0.1) is 5.21 Å². The van der Waals surface area contributed by atoms with Crippen molar-refractivity contribution in [2.24, 2.45) is 0 Å². The fourth-order valence-corrected chi connectivity index (χ4v) is 0.203. The van der Waals surface area contributed by atoms with Crippen molar-refractivity contribution in [2.75, 3.05) is 20.2 Å². The van der Waals surface area contributed by atoms with Gasteiger partial charge in [-0.05, 0) is 7.05 Å². The summed E-state index contributed by atoms with van der Waals surface area (Å²) in [7, 11) is 1.50. The molecule has 2 N–H and O–H groups in total. The largest absolute Gasteiger partial charge is 0.772 e. The number of aliphatic hydroxyl groups excluding tert-OH is 1. The highest BCUT2D eigenvalue weighted by atomic mass is 16.5. The average Bonchev–Trinajstić information content (AvgIpc) is 1.68. The fraction of sp³-hybridized carbons (Fsp3) is 1.00. The highest BCUT2D eigenvalue weighted by molar-refractivity contribution is 4.43. The van der Waals surface area contributed by atoms with Gasteiger partial charge in [-0.25, -0.2) is 0 Å². The summed E-state index contributed by atoms with van der Waals surface area (Å²) in [4.78, 5) is 0. The molecule has 0 rings (SSSR count). The van der Waals surface area contributed by atoms with Crippen molar-refractivity contribution in [1.29, 1.82) is 0 Å². The van der Waals surface area contributed by atoms with Crippen molar-refractivity contribution in [3.05, 3.63) is 5.21 Å². The van der Waals surface area contributed by atoms with Gasteiger partial charge in [0.15, 0.2) is 0 Å². The van der Waals surface area contributed by atoms with Gasteiger partial charge in [0.1, 0.15) is 0 Å². The number of nitrogens with zero attached hydrogens (tertiary/aromatic N) is 1. The van der Waals surface area contributed by atoms with Gasteiger partial charge in [0.25, 0.3) is 0 Å². The van der Waals surface area contributed by atoms with Crippen LogP contribution in [0.2, 0.25) is 0 Å². The summed E-state index contributed by atoms with van der Waals surface area (Å²) in [5, 5.41) is 18.7. The molecule has 0 aliphatic carbocycles. The molecule has 0 aromatic rings. The molecule has 7 heavy (non-hydrogen) atoms. The summed E-state index contributed by atoms with van der Waals surface area (Å²) in [6, 6.07) is 0. The molecule has 0 amide bonds. The zero-order valence-electron chi connectivity index (χ0n) is 4.22. The first-order valence-electron chi connectivity index (χ1n) is 2.04. The molecule has 0 bridgehead atoms. The van der Waals surface area contributed by atoms with E-state index in [0.717, 1.165) is 0 Å². The minimum absolute atomic E-state index is 0.107. The van der Waals surface area contributed by atoms with Gasteiger partial charge in [0.05, 0.1) is 6.61 Å². The second kappa shape index (κ2) is 4.01. The molecular weight excluding hydrogens is 96.0 g/mol. The van der Waals surface area contributed by atoms with E-state index in [9.17, 15) is 5.21 Å². The van der Waals surface area contributed by atoms with Crippen molar-refractivity contribution < 1.29 is 5.11 Å². The Labute approximate surface area is 42.3 Å². The fourth-order valence-electron chi connectivity index (χ4n) is 0.203. The van der Waals surface area contributed by atoms with Crippen LogP contribution in [0.4, 0.5) is 0 Å². The van der Waals surface area contributed by atoms with Crippen molar-refractivity contribution in [3.63, 3.8) is 0 Å². The zero-order valence-corrected chi connectivity index (χ0v) is 4.22. The highest BCUT2D eigenvalue weighted by Gasteiger charge is 1.78. The third kappa shape index (κ3) is 3.68. The molecule has 0 aromatic carbocycles. The van der Waals surface area contributed by atoms with E-state index in [2.05, 4.69) is 5.43 Å². The summed E-state index contributed by atoms with van der Waals surface area (Å²) in [5.74, 6) is 0. The van der Waals surface area contributed by atoms with Crippen molar-refractivity contribution >= 4 is 0 Å². The van der Waals surface area contributed by atoms with E-state index in [-0.39, 0.29) is 13.2 Å². The second-order valence-corrected chi connectivity index (χ2v) is 1.05. The second-order valence-electron chi connectivity index (χ2n) is 1.05. The van der Waals surface area contributed by atoms with Gasteiger partial charge < -0.3 is 15.5 Å². The van der Waals surface area contributed by atoms with Crippen LogP contribution in [0.15, 0.2) is 0 Å². The van der Waals surface area contributed by atoms with Crippen LogP contribution in [0.25, 0.3) is 0 Å². The number of hydrogen-bond donors (Lipinski definition) is 2. The third-order valence-electron chi connectivity index (χ3n) is 0.552. The summed E-state index contributed by atoms with van der Waals surface area (Å²) in [5.41, 5.74) is 2.28. The number of nitrogens with one attached hydrogen (secondary N) is 1. The normalized spacial score (nSPS) is 10.3. The minimum atomic E-state index is -0.107. The maximum absolute atomic E-state index is 10.1. The molecule has 4 nitrogen and oxygen atoms in total. The van der Waals surface area contributed by atoms with Crippen molar-refractivity contribution in [1.82, 2.24) is 10.6 Å². The van der Waals surface area contributed by atoms with E-state index in [1.165, 1.54) is 7.05 Å². The number of hydrazine groups is 1. The van der Waals surface area contributed by atoms with Crippen LogP contribution in [0.3, 0.4) is 0 Å². The van der Waals surface area contributed by atoms with Crippen LogP contribution in [-0.2, 0) is 0 Å². The van der Waals surface area contributed by atoms with Crippen molar-refractivity contribution in [2.45, 2.75) is 0 Å². The lowest BCUT2D eigenvalue weighted by molar-refractivity contribution is 0.207. The lowest BCUT2D eigenvalue weighted by atomic mass is 10.7. The molecule has 0 spiro atoms. The number of rotatable bonds is 3. The maximum atomic E-state index is 10.1. The Morgan fingerprint density at radius 3 is 2.57 bits per heavy atom. The first kappa shape index (κ1) is 6.84. The topological polar surface area (TPSA) is 58.6 Å². The molecule has 0 aromatic heterocycles. The maximum Gasteiger partial charge on any atom is 0.0561 e. The van der Waals surface area contributed by atoms with E-state index >= 15 is 0 Å². The Morgan fingerprint density at radius 2 is 2.43 bits per heavy atom. The van der Waals surface area contributed by atoms with Crippen LogP contribution in [0.1, 0.15) is 0 Å². The summed E-state index contributed by atoms with van der Waals surface area (Å²) < 4.78 is 0. The van der Waals surface area contributed by atoms with Gasteiger partial charge in [-0.2, -0.15) is 0 Å². The van der Waals surface area contributed by atoms with Gasteiger partial charge in [0, 0.05) is 6.54 Å². The Hall–Kier alpha value is -0.160. The van der Waals surface area contributed by atoms with Gasteiger partial charge in [0.2, 0.25) is 0 Å². The van der Waals surface area contributed by atoms with E-state index in [4.69, 9.17) is 5.11 Å². The SMILES string of the molecule is CNN([O-])CCO. The van der Waals surface area contributed by atoms with E-state index in [1.807, 2.05) is 0 Å². The molecule has 0 saturated heterocycles. The molecule has 44 valence electrons. The predicted octanol–water partition coefficient (Wildman–Crippen LogP) is -1.09. The predicted molar refractivity (Wildman–Crippen MR) is 26.2 cm³/mol.